The molecule has 1 N–H and O–H groups in total. The highest BCUT2D eigenvalue weighted by atomic mass is 35.5. The summed E-state index contributed by atoms with van der Waals surface area (Å²) in [5, 5.41) is 1.92. The molecule has 5 rings (SSSR count). The first-order valence-electron chi connectivity index (χ1n) is 12.4. The van der Waals surface area contributed by atoms with Crippen molar-refractivity contribution in [1.29, 1.82) is 0 Å². The van der Waals surface area contributed by atoms with E-state index in [0.29, 0.717) is 35.7 Å². The molecule has 1 saturated carbocycles. The summed E-state index contributed by atoms with van der Waals surface area (Å²) in [6, 6.07) is 22.0. The fraction of sp³-hybridized carbons (Fsp3) is 0.241. The van der Waals surface area contributed by atoms with Gasteiger partial charge in [0.1, 0.15) is 11.5 Å². The second-order valence-electron chi connectivity index (χ2n) is 9.34. The molecule has 4 atom stereocenters. The van der Waals surface area contributed by atoms with Gasteiger partial charge in [-0.25, -0.2) is 4.79 Å². The molecular formula is C29H24Cl2N2O6. The number of rotatable bonds is 7. The van der Waals surface area contributed by atoms with Crippen LogP contribution in [0.4, 0.5) is 11.4 Å². The van der Waals surface area contributed by atoms with E-state index in [1.807, 2.05) is 30.3 Å². The molecule has 1 aliphatic heterocycles. The first-order valence-corrected chi connectivity index (χ1v) is 13.2. The van der Waals surface area contributed by atoms with Crippen LogP contribution in [0.25, 0.3) is 0 Å². The monoisotopic (exact) mass is 566 g/mol. The van der Waals surface area contributed by atoms with Crippen LogP contribution in [0, 0.1) is 11.8 Å². The zero-order valence-electron chi connectivity index (χ0n) is 20.6. The molecule has 3 aromatic rings. The molecule has 0 spiro atoms. The number of anilines is 2. The molecule has 0 bridgehead atoms. The van der Waals surface area contributed by atoms with Crippen LogP contribution < -0.4 is 15.0 Å². The van der Waals surface area contributed by atoms with Gasteiger partial charge in [0.05, 0.1) is 33.8 Å². The zero-order chi connectivity index (χ0) is 27.5. The van der Waals surface area contributed by atoms with Gasteiger partial charge < -0.3 is 14.8 Å². The Labute approximate surface area is 234 Å². The summed E-state index contributed by atoms with van der Waals surface area (Å²) >= 11 is 12.5. The molecule has 3 aromatic carbocycles. The Morgan fingerprint density at radius 1 is 0.795 bits per heavy atom. The number of amides is 3. The van der Waals surface area contributed by atoms with E-state index >= 15 is 0 Å². The molecule has 0 aromatic heterocycles. The van der Waals surface area contributed by atoms with Crippen LogP contribution in [-0.4, -0.2) is 41.1 Å². The molecular weight excluding hydrogens is 543 g/mol. The molecule has 2 aliphatic rings. The van der Waals surface area contributed by atoms with Crippen LogP contribution in [0.3, 0.4) is 0 Å². The van der Waals surface area contributed by atoms with Gasteiger partial charge in [-0.2, -0.15) is 0 Å². The van der Waals surface area contributed by atoms with E-state index in [1.54, 1.807) is 24.3 Å². The summed E-state index contributed by atoms with van der Waals surface area (Å²) in [4.78, 5) is 51.7. The number of ether oxygens (including phenoxy) is 2. The van der Waals surface area contributed by atoms with Gasteiger partial charge in [-0.3, -0.25) is 19.3 Å². The van der Waals surface area contributed by atoms with Gasteiger partial charge in [0.2, 0.25) is 11.8 Å². The molecule has 1 saturated heterocycles. The number of esters is 1. The van der Waals surface area contributed by atoms with E-state index < -0.39 is 30.3 Å². The maximum atomic E-state index is 12.9. The molecule has 0 radical (unpaired) electrons. The smallest absolute Gasteiger partial charge is 0.338 e. The number of hydrogen-bond donors (Lipinski definition) is 1. The highest BCUT2D eigenvalue weighted by Crippen LogP contribution is 2.43. The summed E-state index contributed by atoms with van der Waals surface area (Å²) in [7, 11) is 0. The minimum Gasteiger partial charge on any atom is -0.457 e. The highest BCUT2D eigenvalue weighted by molar-refractivity contribution is 6.31. The summed E-state index contributed by atoms with van der Waals surface area (Å²) in [5.74, 6) is -1.54. The Morgan fingerprint density at radius 2 is 1.36 bits per heavy atom. The number of carbonyl (C=O) groups is 4. The molecule has 3 amide bonds. The molecule has 10 heteroatoms. The zero-order valence-corrected chi connectivity index (χ0v) is 22.1. The number of alkyl halides is 2. The van der Waals surface area contributed by atoms with Crippen molar-refractivity contribution >= 4 is 58.3 Å². The van der Waals surface area contributed by atoms with Crippen molar-refractivity contribution in [2.24, 2.45) is 11.8 Å². The summed E-state index contributed by atoms with van der Waals surface area (Å²) in [6.07, 6.45) is 0.694. The average molecular weight is 567 g/mol. The maximum Gasteiger partial charge on any atom is 0.338 e. The highest BCUT2D eigenvalue weighted by Gasteiger charge is 2.52. The Kier molecular flexibility index (Phi) is 7.86. The first-order chi connectivity index (χ1) is 18.8. The van der Waals surface area contributed by atoms with E-state index in [4.69, 9.17) is 32.7 Å². The van der Waals surface area contributed by atoms with Crippen LogP contribution in [0.5, 0.6) is 11.5 Å². The van der Waals surface area contributed by atoms with Crippen molar-refractivity contribution in [3.05, 3.63) is 84.4 Å². The van der Waals surface area contributed by atoms with Gasteiger partial charge >= 0.3 is 5.97 Å². The third-order valence-electron chi connectivity index (χ3n) is 6.72. The number of hydrogen-bond acceptors (Lipinski definition) is 6. The Morgan fingerprint density at radius 3 is 1.95 bits per heavy atom. The quantitative estimate of drug-likeness (QED) is 0.234. The van der Waals surface area contributed by atoms with Crippen molar-refractivity contribution in [2.45, 2.75) is 23.6 Å². The van der Waals surface area contributed by atoms with E-state index in [-0.39, 0.29) is 28.1 Å². The normalized spacial score (nSPS) is 22.3. The second kappa shape index (κ2) is 11.5. The van der Waals surface area contributed by atoms with Gasteiger partial charge in [-0.15, -0.1) is 23.2 Å². The van der Waals surface area contributed by atoms with Crippen molar-refractivity contribution in [3.8, 4) is 11.5 Å². The van der Waals surface area contributed by atoms with Crippen molar-refractivity contribution < 1.29 is 28.7 Å². The van der Waals surface area contributed by atoms with Crippen molar-refractivity contribution in [1.82, 2.24) is 0 Å². The predicted octanol–water partition coefficient (Wildman–Crippen LogP) is 5.39. The van der Waals surface area contributed by atoms with Gasteiger partial charge in [-0.1, -0.05) is 18.2 Å². The van der Waals surface area contributed by atoms with Gasteiger partial charge in [0.25, 0.3) is 5.91 Å². The lowest BCUT2D eigenvalue weighted by atomic mass is 9.80. The summed E-state index contributed by atoms with van der Waals surface area (Å²) < 4.78 is 10.8. The summed E-state index contributed by atoms with van der Waals surface area (Å²) in [6.45, 7) is -0.492. The topological polar surface area (TPSA) is 102 Å². The molecule has 8 nitrogen and oxygen atoms in total. The van der Waals surface area contributed by atoms with Crippen LogP contribution >= 0.6 is 23.2 Å². The minimum atomic E-state index is -0.717. The molecule has 1 aliphatic carbocycles. The van der Waals surface area contributed by atoms with Crippen LogP contribution in [0.15, 0.2) is 78.9 Å². The fourth-order valence-electron chi connectivity index (χ4n) is 4.74. The van der Waals surface area contributed by atoms with E-state index in [1.165, 1.54) is 24.3 Å². The molecule has 0 unspecified atom stereocenters. The number of carbonyl (C=O) groups excluding carboxylic acids is 4. The van der Waals surface area contributed by atoms with Crippen LogP contribution in [-0.2, 0) is 19.1 Å². The fourth-order valence-corrected chi connectivity index (χ4v) is 5.33. The lowest BCUT2D eigenvalue weighted by molar-refractivity contribution is -0.122. The van der Waals surface area contributed by atoms with Crippen LogP contribution in [0.2, 0.25) is 0 Å². The lowest BCUT2D eigenvalue weighted by Gasteiger charge is -2.28. The number of para-hydroxylation sites is 1. The average Bonchev–Trinajstić information content (AvgIpc) is 3.18. The number of nitrogens with one attached hydrogen (secondary N) is 1. The van der Waals surface area contributed by atoms with Crippen molar-refractivity contribution in [3.63, 3.8) is 0 Å². The molecule has 39 heavy (non-hydrogen) atoms. The number of halogens is 2. The molecule has 2 fully saturated rings. The van der Waals surface area contributed by atoms with Gasteiger partial charge in [0.15, 0.2) is 6.61 Å². The number of benzene rings is 3. The Balaban J connectivity index is 1.13. The third kappa shape index (κ3) is 5.92. The Bertz CT molecular complexity index is 1350. The first kappa shape index (κ1) is 26.7. The maximum absolute atomic E-state index is 12.9. The van der Waals surface area contributed by atoms with E-state index in [0.717, 1.165) is 4.90 Å². The number of nitrogens with zero attached hydrogens (tertiary/aromatic N) is 1. The van der Waals surface area contributed by atoms with Crippen molar-refractivity contribution in [2.75, 3.05) is 16.8 Å². The minimum absolute atomic E-state index is 0.173. The van der Waals surface area contributed by atoms with E-state index in [9.17, 15) is 19.2 Å². The largest absolute Gasteiger partial charge is 0.457 e. The van der Waals surface area contributed by atoms with E-state index in [2.05, 4.69) is 5.32 Å². The predicted molar refractivity (Wildman–Crippen MR) is 146 cm³/mol. The standard InChI is InChI=1S/C29H24Cl2N2O6/c30-24-14-22-23(15-25(24)31)28(36)33(27(22)35)19-10-6-17(7-11-19)29(37)38-16-26(34)32-18-8-12-21(13-9-18)39-20-4-2-1-3-5-20/h1-13,22-25H,14-16H2,(H,32,34)/t22-,23-,24+,25+/m1/s1. The van der Waals surface area contributed by atoms with Gasteiger partial charge in [0, 0.05) is 5.69 Å². The molecule has 1 heterocycles. The number of fused-ring (bicyclic) bond motifs is 1. The third-order valence-corrected chi connectivity index (χ3v) is 7.82. The van der Waals surface area contributed by atoms with Gasteiger partial charge in [-0.05, 0) is 73.5 Å². The summed E-state index contributed by atoms with van der Waals surface area (Å²) in [5.41, 5.74) is 1.04. The lowest BCUT2D eigenvalue weighted by Crippen LogP contribution is -2.34. The second-order valence-corrected chi connectivity index (χ2v) is 10.5. The SMILES string of the molecule is O=C(COC(=O)c1ccc(N2C(=O)[C@@H]3C[C@H](Cl)[C@@H](Cl)C[C@H]3C2=O)cc1)Nc1ccc(Oc2ccccc2)cc1. The molecule has 200 valence electrons. The Hall–Kier alpha value is -3.88. The number of imide groups is 1. The van der Waals surface area contributed by atoms with Crippen LogP contribution in [0.1, 0.15) is 23.2 Å².